The van der Waals surface area contributed by atoms with Gasteiger partial charge in [-0.15, -0.1) is 0 Å². The highest BCUT2D eigenvalue weighted by Gasteiger charge is 2.23. The van der Waals surface area contributed by atoms with E-state index in [0.717, 1.165) is 6.42 Å². The summed E-state index contributed by atoms with van der Waals surface area (Å²) in [6.07, 6.45) is 1.12. The van der Waals surface area contributed by atoms with Crippen LogP contribution in [0.4, 0.5) is 4.79 Å². The highest BCUT2D eigenvalue weighted by atomic mass is 16.5. The predicted molar refractivity (Wildman–Crippen MR) is 106 cm³/mol. The molecule has 1 aromatic carbocycles. The van der Waals surface area contributed by atoms with Gasteiger partial charge in [0.05, 0.1) is 6.10 Å². The molecule has 0 saturated carbocycles. The third-order valence-corrected chi connectivity index (χ3v) is 4.83. The van der Waals surface area contributed by atoms with Gasteiger partial charge in [-0.1, -0.05) is 5.16 Å². The van der Waals surface area contributed by atoms with Gasteiger partial charge in [0.1, 0.15) is 6.61 Å². The molecule has 0 unspecified atom stereocenters. The number of aromatic nitrogens is 2. The zero-order valence-electron chi connectivity index (χ0n) is 16.9. The smallest absolute Gasteiger partial charge is 0.407 e. The molecule has 2 aromatic rings. The maximum absolute atomic E-state index is 12.1. The molecule has 162 valence electrons. The summed E-state index contributed by atoms with van der Waals surface area (Å²) in [5, 5.41) is 15.7. The third-order valence-electron chi connectivity index (χ3n) is 4.83. The summed E-state index contributed by atoms with van der Waals surface area (Å²) in [4.78, 5) is 28.7. The van der Waals surface area contributed by atoms with E-state index in [0.29, 0.717) is 61.9 Å². The van der Waals surface area contributed by atoms with E-state index in [1.165, 1.54) is 4.90 Å². The molecule has 0 bridgehead atoms. The Balaban J connectivity index is 1.47. The molecule has 1 aromatic heterocycles. The van der Waals surface area contributed by atoms with Crippen LogP contribution in [0.1, 0.15) is 35.4 Å². The molecule has 30 heavy (non-hydrogen) atoms. The maximum Gasteiger partial charge on any atom is 0.407 e. The molecule has 2 amide bonds. The van der Waals surface area contributed by atoms with Gasteiger partial charge < -0.3 is 29.3 Å². The number of rotatable bonds is 9. The normalized spacial score (nSPS) is 14.6. The lowest BCUT2D eigenvalue weighted by Crippen LogP contribution is -2.40. The molecule has 1 fully saturated rings. The van der Waals surface area contributed by atoms with Crippen molar-refractivity contribution in [1.29, 1.82) is 0 Å². The minimum Gasteiger partial charge on any atom is -0.465 e. The summed E-state index contributed by atoms with van der Waals surface area (Å²) >= 11 is 0. The Morgan fingerprint density at radius 3 is 2.67 bits per heavy atom. The van der Waals surface area contributed by atoms with Gasteiger partial charge in [0.2, 0.25) is 0 Å². The molecular weight excluding hydrogens is 392 g/mol. The summed E-state index contributed by atoms with van der Waals surface area (Å²) in [6.45, 7) is 2.28. The number of carboxylic acid groups (broad SMARTS) is 1. The van der Waals surface area contributed by atoms with Gasteiger partial charge in [0, 0.05) is 44.5 Å². The van der Waals surface area contributed by atoms with Crippen molar-refractivity contribution < 1.29 is 28.7 Å². The number of hydrogen-bond donors (Lipinski definition) is 2. The molecule has 0 atom stereocenters. The van der Waals surface area contributed by atoms with Crippen molar-refractivity contribution in [2.75, 3.05) is 33.4 Å². The highest BCUT2D eigenvalue weighted by molar-refractivity contribution is 5.94. The Kier molecular flexibility index (Phi) is 7.75. The van der Waals surface area contributed by atoms with Gasteiger partial charge in [-0.25, -0.2) is 4.79 Å². The van der Waals surface area contributed by atoms with Gasteiger partial charge in [-0.05, 0) is 43.5 Å². The van der Waals surface area contributed by atoms with Crippen molar-refractivity contribution in [1.82, 2.24) is 20.4 Å². The second kappa shape index (κ2) is 10.7. The lowest BCUT2D eigenvalue weighted by atomic mass is 10.1. The minimum absolute atomic E-state index is 0.0239. The Morgan fingerprint density at radius 1 is 1.27 bits per heavy atom. The van der Waals surface area contributed by atoms with Crippen LogP contribution < -0.4 is 5.32 Å². The van der Waals surface area contributed by atoms with Crippen LogP contribution in [0.2, 0.25) is 0 Å². The molecule has 10 heteroatoms. The second-order valence-corrected chi connectivity index (χ2v) is 6.98. The van der Waals surface area contributed by atoms with E-state index in [1.807, 2.05) is 0 Å². The fraction of sp³-hybridized carbons (Fsp3) is 0.500. The van der Waals surface area contributed by atoms with E-state index in [1.54, 1.807) is 31.4 Å². The number of ether oxygens (including phenoxy) is 2. The van der Waals surface area contributed by atoms with Crippen molar-refractivity contribution in [2.24, 2.45) is 0 Å². The number of carbonyl (C=O) groups is 2. The van der Waals surface area contributed by atoms with E-state index < -0.39 is 6.09 Å². The Labute approximate surface area is 174 Å². The number of amides is 2. The highest BCUT2D eigenvalue weighted by Crippen LogP contribution is 2.19. The van der Waals surface area contributed by atoms with Crippen LogP contribution in [-0.4, -0.2) is 71.6 Å². The number of nitrogens with one attached hydrogen (secondary N) is 1. The van der Waals surface area contributed by atoms with Crippen LogP contribution >= 0.6 is 0 Å². The number of hydrogen-bond acceptors (Lipinski definition) is 7. The number of benzene rings is 1. The maximum atomic E-state index is 12.1. The van der Waals surface area contributed by atoms with Crippen LogP contribution in [0.3, 0.4) is 0 Å². The molecule has 0 aliphatic carbocycles. The van der Waals surface area contributed by atoms with Gasteiger partial charge in [0.25, 0.3) is 11.8 Å². The van der Waals surface area contributed by atoms with Gasteiger partial charge in [0.15, 0.2) is 5.82 Å². The minimum atomic E-state index is -0.897. The number of carbonyl (C=O) groups excluding carboxylic acids is 1. The van der Waals surface area contributed by atoms with E-state index in [-0.39, 0.29) is 18.6 Å². The van der Waals surface area contributed by atoms with Crippen LogP contribution in [0.25, 0.3) is 11.5 Å². The van der Waals surface area contributed by atoms with Crippen molar-refractivity contribution >= 4 is 12.0 Å². The quantitative estimate of drug-likeness (QED) is 0.593. The van der Waals surface area contributed by atoms with Crippen LogP contribution in [0.5, 0.6) is 0 Å². The molecule has 2 heterocycles. The van der Waals surface area contributed by atoms with E-state index >= 15 is 0 Å². The van der Waals surface area contributed by atoms with Crippen molar-refractivity contribution in [3.05, 3.63) is 35.7 Å². The zero-order chi connectivity index (χ0) is 21.3. The fourth-order valence-corrected chi connectivity index (χ4v) is 3.12. The average Bonchev–Trinajstić information content (AvgIpc) is 3.24. The number of likely N-dealkylation sites (tertiary alicyclic amines) is 1. The number of piperidine rings is 1. The Hall–Kier alpha value is -2.98. The summed E-state index contributed by atoms with van der Waals surface area (Å²) in [5.41, 5.74) is 1.26. The van der Waals surface area contributed by atoms with Crippen molar-refractivity contribution in [2.45, 2.75) is 32.0 Å². The molecule has 1 saturated heterocycles. The number of nitrogens with zero attached hydrogens (tertiary/aromatic N) is 3. The molecule has 3 rings (SSSR count). The summed E-state index contributed by atoms with van der Waals surface area (Å²) < 4.78 is 16.0. The molecule has 1 aliphatic rings. The molecule has 1 aliphatic heterocycles. The SMILES string of the molecule is COCCCNC(=O)c1ccc(-c2nc(COC3CCN(C(=O)O)CC3)no2)cc1. The van der Waals surface area contributed by atoms with Crippen LogP contribution in [0.15, 0.2) is 28.8 Å². The fourth-order valence-electron chi connectivity index (χ4n) is 3.12. The van der Waals surface area contributed by atoms with E-state index in [4.69, 9.17) is 19.1 Å². The third kappa shape index (κ3) is 6.01. The summed E-state index contributed by atoms with van der Waals surface area (Å²) in [6, 6.07) is 6.92. The van der Waals surface area contributed by atoms with E-state index in [2.05, 4.69) is 15.5 Å². The first-order chi connectivity index (χ1) is 14.6. The predicted octanol–water partition coefficient (Wildman–Crippen LogP) is 2.16. The van der Waals surface area contributed by atoms with Crippen molar-refractivity contribution in [3.63, 3.8) is 0 Å². The van der Waals surface area contributed by atoms with Gasteiger partial charge in [-0.3, -0.25) is 4.79 Å². The summed E-state index contributed by atoms with van der Waals surface area (Å²) in [5.74, 6) is 0.623. The first-order valence-corrected chi connectivity index (χ1v) is 9.86. The number of methoxy groups -OCH3 is 1. The molecule has 2 N–H and O–H groups in total. The molecule has 10 nitrogen and oxygen atoms in total. The summed E-state index contributed by atoms with van der Waals surface area (Å²) in [7, 11) is 1.63. The lowest BCUT2D eigenvalue weighted by Gasteiger charge is -2.29. The van der Waals surface area contributed by atoms with E-state index in [9.17, 15) is 9.59 Å². The van der Waals surface area contributed by atoms with Crippen LogP contribution in [-0.2, 0) is 16.1 Å². The lowest BCUT2D eigenvalue weighted by molar-refractivity contribution is -0.00295. The topological polar surface area (TPSA) is 127 Å². The first kappa shape index (κ1) is 21.7. The Morgan fingerprint density at radius 2 is 2.00 bits per heavy atom. The standard InChI is InChI=1S/C20H26N4O6/c1-28-12-2-9-21-18(25)14-3-5-15(6-4-14)19-22-17(23-30-19)13-29-16-7-10-24(11-8-16)20(26)27/h3-6,16H,2,7-13H2,1H3,(H,21,25)(H,26,27). The largest absolute Gasteiger partial charge is 0.465 e. The average molecular weight is 418 g/mol. The second-order valence-electron chi connectivity index (χ2n) is 6.98. The molecular formula is C20H26N4O6. The van der Waals surface area contributed by atoms with Crippen molar-refractivity contribution in [3.8, 4) is 11.5 Å². The van der Waals surface area contributed by atoms with Gasteiger partial charge in [-0.2, -0.15) is 4.98 Å². The molecule has 0 spiro atoms. The zero-order valence-corrected chi connectivity index (χ0v) is 16.9. The van der Waals surface area contributed by atoms with Gasteiger partial charge >= 0.3 is 6.09 Å². The molecule has 0 radical (unpaired) electrons. The Bertz CT molecular complexity index is 830. The van der Waals surface area contributed by atoms with Crippen LogP contribution in [0, 0.1) is 0 Å². The monoisotopic (exact) mass is 418 g/mol. The first-order valence-electron chi connectivity index (χ1n) is 9.86.